The van der Waals surface area contributed by atoms with Crippen LogP contribution in [0.4, 0.5) is 5.13 Å². The normalized spacial score (nSPS) is 18.4. The van der Waals surface area contributed by atoms with Crippen molar-refractivity contribution in [2.24, 2.45) is 0 Å². The molecule has 3 nitrogen and oxygen atoms in total. The first-order chi connectivity index (χ1) is 8.22. The molecule has 1 aromatic rings. The van der Waals surface area contributed by atoms with Crippen LogP contribution in [-0.4, -0.2) is 36.1 Å². The van der Waals surface area contributed by atoms with E-state index in [9.17, 15) is 0 Å². The lowest BCUT2D eigenvalue weighted by atomic mass is 10.2. The van der Waals surface area contributed by atoms with Crippen molar-refractivity contribution in [3.8, 4) is 0 Å². The van der Waals surface area contributed by atoms with Crippen molar-refractivity contribution in [1.82, 2.24) is 10.3 Å². The SMILES string of the molecule is CCNC(C)c1sc(N2CCSCC2)nc1C. The molecule has 0 saturated carbocycles. The average Bonchev–Trinajstić information content (AvgIpc) is 2.73. The molecule has 0 radical (unpaired) electrons. The van der Waals surface area contributed by atoms with Gasteiger partial charge in [0.2, 0.25) is 0 Å². The molecule has 1 N–H and O–H groups in total. The lowest BCUT2D eigenvalue weighted by molar-refractivity contribution is 0.603. The fraction of sp³-hybridized carbons (Fsp3) is 0.750. The van der Waals surface area contributed by atoms with Gasteiger partial charge in [-0.3, -0.25) is 0 Å². The maximum Gasteiger partial charge on any atom is 0.185 e. The Morgan fingerprint density at radius 3 is 2.76 bits per heavy atom. The van der Waals surface area contributed by atoms with Gasteiger partial charge >= 0.3 is 0 Å². The minimum absolute atomic E-state index is 0.422. The Kier molecular flexibility index (Phi) is 4.70. The Labute approximate surface area is 112 Å². The fourth-order valence-electron chi connectivity index (χ4n) is 2.08. The van der Waals surface area contributed by atoms with E-state index in [0.717, 1.165) is 19.6 Å². The van der Waals surface area contributed by atoms with Crippen molar-refractivity contribution in [2.75, 3.05) is 36.0 Å². The molecule has 2 heterocycles. The molecule has 0 aromatic carbocycles. The van der Waals surface area contributed by atoms with Crippen molar-refractivity contribution in [2.45, 2.75) is 26.8 Å². The molecular weight excluding hydrogens is 250 g/mol. The Hall–Kier alpha value is -0.260. The third-order valence-corrected chi connectivity index (χ3v) is 5.35. The summed E-state index contributed by atoms with van der Waals surface area (Å²) in [5, 5.41) is 4.68. The highest BCUT2D eigenvalue weighted by molar-refractivity contribution is 7.99. The Morgan fingerprint density at radius 1 is 1.41 bits per heavy atom. The van der Waals surface area contributed by atoms with Gasteiger partial charge in [-0.05, 0) is 20.4 Å². The summed E-state index contributed by atoms with van der Waals surface area (Å²) in [6.45, 7) is 9.80. The van der Waals surface area contributed by atoms with E-state index in [0.29, 0.717) is 6.04 Å². The summed E-state index contributed by atoms with van der Waals surface area (Å²) >= 11 is 3.90. The highest BCUT2D eigenvalue weighted by Crippen LogP contribution is 2.31. The number of nitrogens with zero attached hydrogens (tertiary/aromatic N) is 2. The first kappa shape index (κ1) is 13.2. The van der Waals surface area contributed by atoms with Crippen LogP contribution in [0.2, 0.25) is 0 Å². The first-order valence-electron chi connectivity index (χ1n) is 6.25. The predicted octanol–water partition coefficient (Wildman–Crippen LogP) is 2.68. The lowest BCUT2D eigenvalue weighted by Gasteiger charge is -2.25. The molecule has 0 amide bonds. The van der Waals surface area contributed by atoms with Crippen molar-refractivity contribution < 1.29 is 0 Å². The van der Waals surface area contributed by atoms with Crippen LogP contribution in [0.25, 0.3) is 0 Å². The minimum Gasteiger partial charge on any atom is -0.346 e. The van der Waals surface area contributed by atoms with Gasteiger partial charge in [0.25, 0.3) is 0 Å². The van der Waals surface area contributed by atoms with Crippen LogP contribution in [0, 0.1) is 6.92 Å². The number of aromatic nitrogens is 1. The summed E-state index contributed by atoms with van der Waals surface area (Å²) in [5.41, 5.74) is 1.19. The molecule has 0 bridgehead atoms. The second-order valence-corrected chi connectivity index (χ2v) is 6.56. The van der Waals surface area contributed by atoms with Gasteiger partial charge < -0.3 is 10.2 Å². The number of thioether (sulfide) groups is 1. The van der Waals surface area contributed by atoms with E-state index in [1.165, 1.54) is 27.2 Å². The topological polar surface area (TPSA) is 28.2 Å². The number of hydrogen-bond acceptors (Lipinski definition) is 5. The van der Waals surface area contributed by atoms with Crippen molar-refractivity contribution in [1.29, 1.82) is 0 Å². The highest BCUT2D eigenvalue weighted by atomic mass is 32.2. The maximum atomic E-state index is 4.73. The molecule has 0 spiro atoms. The van der Waals surface area contributed by atoms with Gasteiger partial charge in [0.1, 0.15) is 0 Å². The fourth-order valence-corrected chi connectivity index (χ4v) is 4.13. The summed E-state index contributed by atoms with van der Waals surface area (Å²) in [4.78, 5) is 8.55. The van der Waals surface area contributed by atoms with Crippen molar-refractivity contribution in [3.05, 3.63) is 10.6 Å². The number of aryl methyl sites for hydroxylation is 1. The Morgan fingerprint density at radius 2 is 2.12 bits per heavy atom. The van der Waals surface area contributed by atoms with Gasteiger partial charge in [-0.25, -0.2) is 4.98 Å². The molecule has 1 aliphatic rings. The van der Waals surface area contributed by atoms with E-state index in [2.05, 4.69) is 31.0 Å². The van der Waals surface area contributed by atoms with Crippen LogP contribution in [0.1, 0.15) is 30.5 Å². The summed E-state index contributed by atoms with van der Waals surface area (Å²) < 4.78 is 0. The zero-order chi connectivity index (χ0) is 12.3. The molecule has 1 unspecified atom stereocenters. The smallest absolute Gasteiger partial charge is 0.185 e. The van der Waals surface area contributed by atoms with Gasteiger partial charge in [-0.15, -0.1) is 11.3 Å². The van der Waals surface area contributed by atoms with E-state index < -0.39 is 0 Å². The quantitative estimate of drug-likeness (QED) is 0.911. The predicted molar refractivity (Wildman–Crippen MR) is 78.5 cm³/mol. The molecular formula is C12H21N3S2. The van der Waals surface area contributed by atoms with Crippen LogP contribution < -0.4 is 10.2 Å². The number of anilines is 1. The second-order valence-electron chi connectivity index (χ2n) is 4.32. The third-order valence-electron chi connectivity index (χ3n) is 3.01. The zero-order valence-electron chi connectivity index (χ0n) is 10.8. The van der Waals surface area contributed by atoms with E-state index in [-0.39, 0.29) is 0 Å². The molecule has 2 rings (SSSR count). The van der Waals surface area contributed by atoms with Gasteiger partial charge in [0.05, 0.1) is 5.69 Å². The molecule has 1 fully saturated rings. The summed E-state index contributed by atoms with van der Waals surface area (Å²) in [6.07, 6.45) is 0. The summed E-state index contributed by atoms with van der Waals surface area (Å²) in [6, 6.07) is 0.422. The minimum atomic E-state index is 0.422. The van der Waals surface area contributed by atoms with E-state index in [1.54, 1.807) is 0 Å². The molecule has 5 heteroatoms. The van der Waals surface area contributed by atoms with Crippen LogP contribution in [0.3, 0.4) is 0 Å². The molecule has 1 aliphatic heterocycles. The molecule has 17 heavy (non-hydrogen) atoms. The maximum absolute atomic E-state index is 4.73. The summed E-state index contributed by atoms with van der Waals surface area (Å²) in [5.74, 6) is 2.47. The van der Waals surface area contributed by atoms with Crippen LogP contribution in [0.5, 0.6) is 0 Å². The van der Waals surface area contributed by atoms with Gasteiger partial charge in [-0.1, -0.05) is 6.92 Å². The monoisotopic (exact) mass is 271 g/mol. The Balaban J connectivity index is 2.11. The van der Waals surface area contributed by atoms with Gasteiger partial charge in [0.15, 0.2) is 5.13 Å². The van der Waals surface area contributed by atoms with Gasteiger partial charge in [0, 0.05) is 35.5 Å². The molecule has 1 saturated heterocycles. The third kappa shape index (κ3) is 3.14. The van der Waals surface area contributed by atoms with Crippen LogP contribution >= 0.6 is 23.1 Å². The second kappa shape index (κ2) is 6.07. The number of rotatable bonds is 4. The molecule has 1 atom stereocenters. The summed E-state index contributed by atoms with van der Waals surface area (Å²) in [7, 11) is 0. The molecule has 1 aromatic heterocycles. The van der Waals surface area contributed by atoms with Gasteiger partial charge in [-0.2, -0.15) is 11.8 Å². The largest absolute Gasteiger partial charge is 0.346 e. The highest BCUT2D eigenvalue weighted by Gasteiger charge is 2.19. The number of nitrogens with one attached hydrogen (secondary N) is 1. The lowest BCUT2D eigenvalue weighted by Crippen LogP contribution is -2.32. The van der Waals surface area contributed by atoms with Crippen LogP contribution in [-0.2, 0) is 0 Å². The number of hydrogen-bond donors (Lipinski definition) is 1. The standard InChI is InChI=1S/C12H21N3S2/c1-4-13-9(2)11-10(3)14-12(17-11)15-5-7-16-8-6-15/h9,13H,4-8H2,1-3H3. The molecule has 0 aliphatic carbocycles. The number of thiazole rings is 1. The first-order valence-corrected chi connectivity index (χ1v) is 8.23. The van der Waals surface area contributed by atoms with E-state index in [4.69, 9.17) is 4.98 Å². The van der Waals surface area contributed by atoms with Crippen molar-refractivity contribution in [3.63, 3.8) is 0 Å². The zero-order valence-corrected chi connectivity index (χ0v) is 12.5. The molecule has 96 valence electrons. The van der Waals surface area contributed by atoms with E-state index >= 15 is 0 Å². The van der Waals surface area contributed by atoms with E-state index in [1.807, 2.05) is 23.1 Å². The van der Waals surface area contributed by atoms with Crippen molar-refractivity contribution >= 4 is 28.2 Å². The average molecular weight is 271 g/mol. The van der Waals surface area contributed by atoms with Crippen LogP contribution in [0.15, 0.2) is 0 Å². The Bertz CT molecular complexity index is 359.